The van der Waals surface area contributed by atoms with Crippen LogP contribution in [0, 0.1) is 0 Å². The van der Waals surface area contributed by atoms with Gasteiger partial charge in [-0.05, 0) is 48.6 Å². The van der Waals surface area contributed by atoms with E-state index in [-0.39, 0.29) is 23.8 Å². The van der Waals surface area contributed by atoms with Gasteiger partial charge >= 0.3 is 19.8 Å². The number of nitrogens with zero attached hydrogens (tertiary/aromatic N) is 2. The first kappa shape index (κ1) is 39.7. The van der Waals surface area contributed by atoms with Gasteiger partial charge in [-0.25, -0.2) is 4.57 Å². The molecule has 0 aliphatic rings. The minimum absolute atomic E-state index is 0.0129. The maximum absolute atomic E-state index is 11.0. The average Bonchev–Trinajstić information content (AvgIpc) is 2.83. The maximum Gasteiger partial charge on any atom is 0.524 e. The van der Waals surface area contributed by atoms with E-state index in [2.05, 4.69) is 9.98 Å². The van der Waals surface area contributed by atoms with Crippen molar-refractivity contribution in [3.8, 4) is 5.75 Å². The molecule has 0 aliphatic carbocycles. The van der Waals surface area contributed by atoms with Gasteiger partial charge in [0, 0.05) is 13.1 Å². The molecule has 0 radical (unpaired) electrons. The molecule has 41 heavy (non-hydrogen) atoms. The first-order valence-electron chi connectivity index (χ1n) is 12.8. The molecule has 0 bridgehead atoms. The van der Waals surface area contributed by atoms with Crippen LogP contribution < -0.4 is 38.9 Å². The summed E-state index contributed by atoms with van der Waals surface area (Å²) in [4.78, 5) is 45.7. The lowest BCUT2D eigenvalue weighted by atomic mass is 9.94. The second-order valence-electron chi connectivity index (χ2n) is 9.44. The molecule has 0 heterocycles. The molecule has 0 amide bonds. The molecule has 0 fully saturated rings. The van der Waals surface area contributed by atoms with Crippen molar-refractivity contribution in [1.82, 2.24) is 0 Å². The summed E-state index contributed by atoms with van der Waals surface area (Å²) in [6.45, 7) is 8.70. The number of guanidine groups is 2. The number of carboxylic acids is 2. The topological polar surface area (TPSA) is 322 Å². The Kier molecular flexibility index (Phi) is 19.8. The molecule has 1 aromatic rings. The van der Waals surface area contributed by atoms with Crippen molar-refractivity contribution in [2.24, 2.45) is 44.4 Å². The number of nitrogens with two attached hydrogens (primary N) is 6. The summed E-state index contributed by atoms with van der Waals surface area (Å²) in [6.07, 6.45) is 1.91. The molecule has 16 N–H and O–H groups in total. The molecule has 0 saturated heterocycles. The number of benzene rings is 1. The number of carbonyl (C=O) groups is 2. The molecule has 17 heteroatoms. The molecular formula is C24H47N8O8P. The largest absolute Gasteiger partial charge is 0.524 e. The van der Waals surface area contributed by atoms with Crippen LogP contribution in [0.15, 0.2) is 28.2 Å². The van der Waals surface area contributed by atoms with Crippen LogP contribution in [0.3, 0.4) is 0 Å². The first-order valence-corrected chi connectivity index (χ1v) is 14.3. The normalized spacial score (nSPS) is 12.1. The summed E-state index contributed by atoms with van der Waals surface area (Å²) in [5.41, 5.74) is 32.3. The van der Waals surface area contributed by atoms with Crippen molar-refractivity contribution in [3.63, 3.8) is 0 Å². The van der Waals surface area contributed by atoms with Crippen molar-refractivity contribution < 1.29 is 38.7 Å². The lowest BCUT2D eigenvalue weighted by Gasteiger charge is -2.19. The van der Waals surface area contributed by atoms with Crippen molar-refractivity contribution in [2.75, 3.05) is 13.1 Å². The fourth-order valence-electron chi connectivity index (χ4n) is 2.99. The number of aliphatic carboxylic acids is 2. The van der Waals surface area contributed by atoms with Crippen molar-refractivity contribution in [1.29, 1.82) is 0 Å². The van der Waals surface area contributed by atoms with Gasteiger partial charge in [0.15, 0.2) is 11.9 Å². The number of phosphoric acid groups is 1. The SMILES string of the molecule is CC(C)c1cccc(C(C)C)c1OP(=O)(O)O.NC(N)=NCCC[C@H](N)C(=O)O.NC(N)=NCCC[C@H](N)C(=O)O. The van der Waals surface area contributed by atoms with E-state index in [1.807, 2.05) is 45.9 Å². The predicted octanol–water partition coefficient (Wildman–Crippen LogP) is 0.309. The Morgan fingerprint density at radius 1 is 0.805 bits per heavy atom. The second kappa shape index (κ2) is 20.4. The summed E-state index contributed by atoms with van der Waals surface area (Å²) in [7, 11) is -4.52. The van der Waals surface area contributed by atoms with Crippen LogP contribution in [0.25, 0.3) is 0 Å². The Morgan fingerprint density at radius 2 is 1.15 bits per heavy atom. The highest BCUT2D eigenvalue weighted by molar-refractivity contribution is 7.46. The minimum atomic E-state index is -4.52. The van der Waals surface area contributed by atoms with Gasteiger partial charge in [0.1, 0.15) is 17.8 Å². The summed E-state index contributed by atoms with van der Waals surface area (Å²) >= 11 is 0. The van der Waals surface area contributed by atoms with Crippen LogP contribution in [0.2, 0.25) is 0 Å². The Bertz CT molecular complexity index is 972. The molecule has 0 aromatic heterocycles. The van der Waals surface area contributed by atoms with E-state index in [1.54, 1.807) is 0 Å². The van der Waals surface area contributed by atoms with Gasteiger partial charge in [0.2, 0.25) is 0 Å². The number of carboxylic acid groups (broad SMARTS) is 2. The number of para-hydroxylation sites is 1. The van der Waals surface area contributed by atoms with Crippen molar-refractivity contribution in [3.05, 3.63) is 29.3 Å². The van der Waals surface area contributed by atoms with E-state index in [4.69, 9.17) is 58.9 Å². The van der Waals surface area contributed by atoms with Crippen LogP contribution in [0.4, 0.5) is 0 Å². The Labute approximate surface area is 240 Å². The summed E-state index contributed by atoms with van der Waals surface area (Å²) < 4.78 is 15.9. The molecule has 2 atom stereocenters. The smallest absolute Gasteiger partial charge is 0.480 e. The van der Waals surface area contributed by atoms with E-state index >= 15 is 0 Å². The van der Waals surface area contributed by atoms with Gasteiger partial charge in [-0.1, -0.05) is 45.9 Å². The maximum atomic E-state index is 11.0. The van der Waals surface area contributed by atoms with E-state index in [9.17, 15) is 14.2 Å². The highest BCUT2D eigenvalue weighted by atomic mass is 31.2. The van der Waals surface area contributed by atoms with Gasteiger partial charge in [-0.3, -0.25) is 29.4 Å². The van der Waals surface area contributed by atoms with Crippen LogP contribution >= 0.6 is 7.82 Å². The standard InChI is InChI=1S/C12H19O4P.2C6H14N4O2/c1-8(2)10-6-5-7-11(9(3)4)12(10)16-17(13,14)15;2*7-4(5(11)12)2-1-3-10-6(8)9/h5-9H,1-4H3,(H2,13,14,15);2*4H,1-3,7H2,(H,11,12)(H4,8,9,10)/t;2*4-/m.00/s1. The zero-order chi connectivity index (χ0) is 32.3. The van der Waals surface area contributed by atoms with Gasteiger partial charge in [-0.2, -0.15) is 0 Å². The van der Waals surface area contributed by atoms with Crippen molar-refractivity contribution in [2.45, 2.75) is 77.3 Å². The molecule has 0 unspecified atom stereocenters. The summed E-state index contributed by atoms with van der Waals surface area (Å²) in [6, 6.07) is 3.92. The third kappa shape index (κ3) is 21.0. The monoisotopic (exact) mass is 606 g/mol. The van der Waals surface area contributed by atoms with E-state index in [1.165, 1.54) is 0 Å². The molecule has 236 valence electrons. The molecule has 0 aliphatic heterocycles. The number of rotatable bonds is 14. The van der Waals surface area contributed by atoms with E-state index in [0.717, 1.165) is 11.1 Å². The van der Waals surface area contributed by atoms with Crippen molar-refractivity contribution >= 4 is 31.7 Å². The molecule has 0 saturated carbocycles. The van der Waals surface area contributed by atoms with Crippen LogP contribution in [-0.4, -0.2) is 69.0 Å². The van der Waals surface area contributed by atoms with E-state index in [0.29, 0.717) is 44.5 Å². The number of phosphoric ester groups is 1. The Hall–Kier alpha value is -3.43. The predicted molar refractivity (Wildman–Crippen MR) is 158 cm³/mol. The lowest BCUT2D eigenvalue weighted by molar-refractivity contribution is -0.139. The fourth-order valence-corrected chi connectivity index (χ4v) is 3.44. The lowest BCUT2D eigenvalue weighted by Crippen LogP contribution is -2.30. The number of hydrogen-bond acceptors (Lipinski definition) is 8. The summed E-state index contributed by atoms with van der Waals surface area (Å²) in [5, 5.41) is 16.8. The quantitative estimate of drug-likeness (QED) is 0.0589. The van der Waals surface area contributed by atoms with Crippen LogP contribution in [-0.2, 0) is 14.2 Å². The third-order valence-corrected chi connectivity index (χ3v) is 5.52. The Morgan fingerprint density at radius 3 is 1.39 bits per heavy atom. The highest BCUT2D eigenvalue weighted by Crippen LogP contribution is 2.44. The minimum Gasteiger partial charge on any atom is -0.480 e. The van der Waals surface area contributed by atoms with E-state index < -0.39 is 31.8 Å². The molecule has 16 nitrogen and oxygen atoms in total. The fraction of sp³-hybridized carbons (Fsp3) is 0.583. The van der Waals surface area contributed by atoms with Gasteiger partial charge < -0.3 is 49.1 Å². The van der Waals surface area contributed by atoms with Gasteiger partial charge in [0.25, 0.3) is 0 Å². The Balaban J connectivity index is 0. The average molecular weight is 607 g/mol. The molecule has 1 rings (SSSR count). The molecule has 0 spiro atoms. The van der Waals surface area contributed by atoms with Gasteiger partial charge in [0.05, 0.1) is 0 Å². The third-order valence-electron chi connectivity index (χ3n) is 5.10. The second-order valence-corrected chi connectivity index (χ2v) is 10.6. The van der Waals surface area contributed by atoms with Gasteiger partial charge in [-0.15, -0.1) is 0 Å². The molecule has 1 aromatic carbocycles. The number of hydrogen-bond donors (Lipinski definition) is 10. The van der Waals surface area contributed by atoms with Crippen LogP contribution in [0.5, 0.6) is 5.75 Å². The number of aliphatic imine (C=N–C) groups is 2. The first-order chi connectivity index (χ1) is 18.8. The zero-order valence-electron chi connectivity index (χ0n) is 24.0. The van der Waals surface area contributed by atoms with Crippen LogP contribution in [0.1, 0.15) is 76.3 Å². The molecular weight excluding hydrogens is 559 g/mol. The highest BCUT2D eigenvalue weighted by Gasteiger charge is 2.23. The summed E-state index contributed by atoms with van der Waals surface area (Å²) in [5.74, 6) is -1.35. The zero-order valence-corrected chi connectivity index (χ0v) is 24.9.